The van der Waals surface area contributed by atoms with E-state index in [2.05, 4.69) is 5.32 Å². The van der Waals surface area contributed by atoms with Crippen molar-refractivity contribution in [3.63, 3.8) is 0 Å². The topological polar surface area (TPSA) is 55.4 Å². The largest absolute Gasteiger partial charge is 0.377 e. The molecule has 0 aromatic carbocycles. The molecule has 1 aliphatic heterocycles. The summed E-state index contributed by atoms with van der Waals surface area (Å²) in [6, 6.07) is 0.586. The summed E-state index contributed by atoms with van der Waals surface area (Å²) in [6.45, 7) is 1.32. The van der Waals surface area contributed by atoms with Gasteiger partial charge in [-0.3, -0.25) is 0 Å². The molecular weight excluding hydrogens is 214 g/mol. The van der Waals surface area contributed by atoms with E-state index in [-0.39, 0.29) is 17.6 Å². The molecule has 0 bridgehead atoms. The van der Waals surface area contributed by atoms with Crippen molar-refractivity contribution < 1.29 is 13.2 Å². The van der Waals surface area contributed by atoms with Crippen LogP contribution in [0.3, 0.4) is 0 Å². The van der Waals surface area contributed by atoms with E-state index < -0.39 is 9.84 Å². The standard InChI is InChI=1S/C10H19NO3S/c12-15(13,7-5-11-9-3-4-9)8-10-2-1-6-14-10/h9-11H,1-8H2. The fraction of sp³-hybridized carbons (Fsp3) is 1.00. The lowest BCUT2D eigenvalue weighted by atomic mass is 10.3. The van der Waals surface area contributed by atoms with Crippen LogP contribution in [0.5, 0.6) is 0 Å². The lowest BCUT2D eigenvalue weighted by Gasteiger charge is -2.10. The molecule has 1 saturated carbocycles. The van der Waals surface area contributed by atoms with Crippen LogP contribution in [0.25, 0.3) is 0 Å². The summed E-state index contributed by atoms with van der Waals surface area (Å²) in [5, 5.41) is 3.22. The maximum atomic E-state index is 11.7. The maximum Gasteiger partial charge on any atom is 0.154 e. The quantitative estimate of drug-likeness (QED) is 0.718. The molecule has 1 heterocycles. The maximum absolute atomic E-state index is 11.7. The zero-order valence-corrected chi connectivity index (χ0v) is 9.76. The number of hydrogen-bond donors (Lipinski definition) is 1. The molecule has 0 aromatic rings. The average Bonchev–Trinajstić information content (AvgIpc) is 2.83. The molecule has 0 aromatic heterocycles. The van der Waals surface area contributed by atoms with Gasteiger partial charge in [0.1, 0.15) is 0 Å². The van der Waals surface area contributed by atoms with Gasteiger partial charge in [0.2, 0.25) is 0 Å². The highest BCUT2D eigenvalue weighted by Crippen LogP contribution is 2.18. The minimum Gasteiger partial charge on any atom is -0.377 e. The minimum absolute atomic E-state index is 0.0454. The third-order valence-corrected chi connectivity index (χ3v) is 4.59. The predicted molar refractivity (Wildman–Crippen MR) is 58.7 cm³/mol. The first kappa shape index (κ1) is 11.4. The lowest BCUT2D eigenvalue weighted by molar-refractivity contribution is 0.127. The predicted octanol–water partition coefficient (Wildman–Crippen LogP) is 0.332. The highest BCUT2D eigenvalue weighted by atomic mass is 32.2. The molecule has 0 amide bonds. The molecule has 1 N–H and O–H groups in total. The first-order valence-electron chi connectivity index (χ1n) is 5.71. The van der Waals surface area contributed by atoms with Gasteiger partial charge >= 0.3 is 0 Å². The number of nitrogens with one attached hydrogen (secondary N) is 1. The highest BCUT2D eigenvalue weighted by Gasteiger charge is 2.24. The van der Waals surface area contributed by atoms with E-state index in [0.717, 1.165) is 19.4 Å². The van der Waals surface area contributed by atoms with Gasteiger partial charge in [-0.15, -0.1) is 0 Å². The monoisotopic (exact) mass is 233 g/mol. The van der Waals surface area contributed by atoms with Gasteiger partial charge in [-0.2, -0.15) is 0 Å². The van der Waals surface area contributed by atoms with Crippen LogP contribution in [-0.2, 0) is 14.6 Å². The first-order chi connectivity index (χ1) is 7.16. The van der Waals surface area contributed by atoms with Gasteiger partial charge in [0, 0.05) is 19.2 Å². The van der Waals surface area contributed by atoms with Gasteiger partial charge in [-0.1, -0.05) is 0 Å². The van der Waals surface area contributed by atoms with E-state index in [1.54, 1.807) is 0 Å². The van der Waals surface area contributed by atoms with Gasteiger partial charge in [-0.25, -0.2) is 8.42 Å². The summed E-state index contributed by atoms with van der Waals surface area (Å²) in [4.78, 5) is 0. The summed E-state index contributed by atoms with van der Waals surface area (Å²) < 4.78 is 28.7. The third kappa shape index (κ3) is 4.09. The Balaban J connectivity index is 1.67. The summed E-state index contributed by atoms with van der Waals surface area (Å²) in [6.07, 6.45) is 4.25. The first-order valence-corrected chi connectivity index (χ1v) is 7.53. The van der Waals surface area contributed by atoms with Gasteiger partial charge in [0.05, 0.1) is 17.6 Å². The molecule has 0 radical (unpaired) electrons. The van der Waals surface area contributed by atoms with E-state index in [4.69, 9.17) is 4.74 Å². The molecule has 1 aliphatic carbocycles. The third-order valence-electron chi connectivity index (χ3n) is 2.89. The van der Waals surface area contributed by atoms with Gasteiger partial charge in [0.15, 0.2) is 9.84 Å². The van der Waals surface area contributed by atoms with Crippen molar-refractivity contribution in [3.05, 3.63) is 0 Å². The van der Waals surface area contributed by atoms with Crippen molar-refractivity contribution in [2.24, 2.45) is 0 Å². The van der Waals surface area contributed by atoms with Crippen LogP contribution < -0.4 is 5.32 Å². The summed E-state index contributed by atoms with van der Waals surface area (Å²) in [5.74, 6) is 0.461. The van der Waals surface area contributed by atoms with Crippen molar-refractivity contribution in [2.45, 2.75) is 37.8 Å². The van der Waals surface area contributed by atoms with Crippen molar-refractivity contribution >= 4 is 9.84 Å². The zero-order chi connectivity index (χ0) is 10.7. The van der Waals surface area contributed by atoms with Crippen LogP contribution in [0.4, 0.5) is 0 Å². The second-order valence-electron chi connectivity index (χ2n) is 4.48. The van der Waals surface area contributed by atoms with Crippen LogP contribution >= 0.6 is 0 Å². The summed E-state index contributed by atoms with van der Waals surface area (Å²) in [5.41, 5.74) is 0. The number of sulfone groups is 1. The Morgan fingerprint density at radius 2 is 2.07 bits per heavy atom. The Morgan fingerprint density at radius 3 is 2.67 bits per heavy atom. The molecule has 1 unspecified atom stereocenters. The minimum atomic E-state index is -2.92. The van der Waals surface area contributed by atoms with Crippen molar-refractivity contribution in [1.82, 2.24) is 5.32 Å². The van der Waals surface area contributed by atoms with E-state index >= 15 is 0 Å². The van der Waals surface area contributed by atoms with Crippen LogP contribution in [0.2, 0.25) is 0 Å². The zero-order valence-electron chi connectivity index (χ0n) is 8.94. The van der Waals surface area contributed by atoms with Crippen molar-refractivity contribution in [2.75, 3.05) is 24.7 Å². The van der Waals surface area contributed by atoms with Crippen LogP contribution in [-0.4, -0.2) is 45.2 Å². The van der Waals surface area contributed by atoms with Gasteiger partial charge in [0.25, 0.3) is 0 Å². The van der Waals surface area contributed by atoms with Gasteiger partial charge < -0.3 is 10.1 Å². The highest BCUT2D eigenvalue weighted by molar-refractivity contribution is 7.91. The molecule has 88 valence electrons. The van der Waals surface area contributed by atoms with E-state index in [1.807, 2.05) is 0 Å². The molecule has 2 aliphatic rings. The van der Waals surface area contributed by atoms with E-state index in [0.29, 0.717) is 12.6 Å². The number of rotatable bonds is 6. The number of hydrogen-bond acceptors (Lipinski definition) is 4. The Kier molecular flexibility index (Phi) is 3.64. The second-order valence-corrected chi connectivity index (χ2v) is 6.71. The Bertz CT molecular complexity index is 292. The van der Waals surface area contributed by atoms with Crippen LogP contribution in [0, 0.1) is 0 Å². The van der Waals surface area contributed by atoms with Crippen molar-refractivity contribution in [1.29, 1.82) is 0 Å². The van der Waals surface area contributed by atoms with E-state index in [9.17, 15) is 8.42 Å². The molecule has 15 heavy (non-hydrogen) atoms. The fourth-order valence-corrected chi connectivity index (χ4v) is 3.27. The Morgan fingerprint density at radius 1 is 1.27 bits per heavy atom. The lowest BCUT2D eigenvalue weighted by Crippen LogP contribution is -2.29. The van der Waals surface area contributed by atoms with Gasteiger partial charge in [-0.05, 0) is 25.7 Å². The van der Waals surface area contributed by atoms with Crippen LogP contribution in [0.15, 0.2) is 0 Å². The molecule has 1 atom stereocenters. The summed E-state index contributed by atoms with van der Waals surface area (Å²) in [7, 11) is -2.92. The normalized spacial score (nSPS) is 27.1. The smallest absolute Gasteiger partial charge is 0.154 e. The van der Waals surface area contributed by atoms with Crippen molar-refractivity contribution in [3.8, 4) is 0 Å². The Labute approximate surface area is 91.3 Å². The fourth-order valence-electron chi connectivity index (χ4n) is 1.85. The molecule has 0 spiro atoms. The molecular formula is C10H19NO3S. The second kappa shape index (κ2) is 4.80. The Hall–Kier alpha value is -0.130. The molecule has 2 rings (SSSR count). The number of ether oxygens (including phenoxy) is 1. The summed E-state index contributed by atoms with van der Waals surface area (Å²) >= 11 is 0. The van der Waals surface area contributed by atoms with E-state index in [1.165, 1.54) is 12.8 Å². The van der Waals surface area contributed by atoms with Crippen LogP contribution in [0.1, 0.15) is 25.7 Å². The molecule has 5 heteroatoms. The molecule has 2 fully saturated rings. The SMILES string of the molecule is O=S(=O)(CCNC1CC1)CC1CCCO1. The molecule has 4 nitrogen and oxygen atoms in total. The average molecular weight is 233 g/mol. The molecule has 1 saturated heterocycles.